The van der Waals surface area contributed by atoms with Gasteiger partial charge >= 0.3 is 0 Å². The standard InChI is InChI=1S/C19H24N2O4S/c1-5-14-6-9-16(10-7-14)21-26(23,24)18-12-15(8-11-17(18)25-4)19(22)20-13(2)3/h6-13,21H,5H2,1-4H3,(H,20,22). The molecule has 0 bridgehead atoms. The molecule has 7 heteroatoms. The van der Waals surface area contributed by atoms with Crippen molar-refractivity contribution >= 4 is 21.6 Å². The summed E-state index contributed by atoms with van der Waals surface area (Å²) in [5.41, 5.74) is 1.81. The molecular weight excluding hydrogens is 352 g/mol. The summed E-state index contributed by atoms with van der Waals surface area (Å²) >= 11 is 0. The Hall–Kier alpha value is -2.54. The molecule has 0 fully saturated rings. The number of benzene rings is 2. The average Bonchev–Trinajstić information content (AvgIpc) is 2.61. The van der Waals surface area contributed by atoms with Gasteiger partial charge in [-0.25, -0.2) is 8.42 Å². The van der Waals surface area contributed by atoms with Crippen LogP contribution in [-0.2, 0) is 16.4 Å². The number of anilines is 1. The van der Waals surface area contributed by atoms with Crippen molar-refractivity contribution in [1.82, 2.24) is 5.32 Å². The molecule has 2 rings (SSSR count). The Morgan fingerprint density at radius 2 is 1.77 bits per heavy atom. The molecule has 0 saturated heterocycles. The van der Waals surface area contributed by atoms with Crippen LogP contribution in [0.5, 0.6) is 5.75 Å². The van der Waals surface area contributed by atoms with Gasteiger partial charge in [0.1, 0.15) is 10.6 Å². The minimum Gasteiger partial charge on any atom is -0.495 e. The lowest BCUT2D eigenvalue weighted by atomic mass is 10.2. The third kappa shape index (κ3) is 4.76. The van der Waals surface area contributed by atoms with E-state index < -0.39 is 10.0 Å². The van der Waals surface area contributed by atoms with E-state index in [1.165, 1.54) is 25.3 Å². The number of sulfonamides is 1. The number of carbonyl (C=O) groups excluding carboxylic acids is 1. The van der Waals surface area contributed by atoms with E-state index in [4.69, 9.17) is 4.74 Å². The number of nitrogens with one attached hydrogen (secondary N) is 2. The van der Waals surface area contributed by atoms with Gasteiger partial charge in [0.15, 0.2) is 0 Å². The van der Waals surface area contributed by atoms with Crippen molar-refractivity contribution in [3.05, 3.63) is 53.6 Å². The smallest absolute Gasteiger partial charge is 0.265 e. The first kappa shape index (κ1) is 19.8. The van der Waals surface area contributed by atoms with Crippen LogP contribution >= 0.6 is 0 Å². The largest absolute Gasteiger partial charge is 0.495 e. The summed E-state index contributed by atoms with van der Waals surface area (Å²) in [5, 5.41) is 2.74. The van der Waals surface area contributed by atoms with E-state index in [2.05, 4.69) is 10.0 Å². The Labute approximate surface area is 154 Å². The second-order valence-electron chi connectivity index (χ2n) is 6.15. The van der Waals surface area contributed by atoms with Crippen LogP contribution in [0.3, 0.4) is 0 Å². The quantitative estimate of drug-likeness (QED) is 0.777. The summed E-state index contributed by atoms with van der Waals surface area (Å²) in [5.74, 6) is -0.171. The highest BCUT2D eigenvalue weighted by Crippen LogP contribution is 2.27. The van der Waals surface area contributed by atoms with Crippen molar-refractivity contribution in [2.45, 2.75) is 38.1 Å². The summed E-state index contributed by atoms with van der Waals surface area (Å²) in [7, 11) is -2.53. The number of amides is 1. The van der Waals surface area contributed by atoms with Crippen LogP contribution < -0.4 is 14.8 Å². The number of carbonyl (C=O) groups is 1. The normalized spacial score (nSPS) is 11.3. The minimum atomic E-state index is -3.92. The maximum atomic E-state index is 12.8. The van der Waals surface area contributed by atoms with Crippen molar-refractivity contribution in [2.75, 3.05) is 11.8 Å². The van der Waals surface area contributed by atoms with Crippen LogP contribution in [0.25, 0.3) is 0 Å². The van der Waals surface area contributed by atoms with Crippen LogP contribution in [0.2, 0.25) is 0 Å². The molecule has 0 atom stereocenters. The molecule has 0 aliphatic rings. The van der Waals surface area contributed by atoms with Gasteiger partial charge in [-0.1, -0.05) is 19.1 Å². The Morgan fingerprint density at radius 3 is 2.31 bits per heavy atom. The number of aryl methyl sites for hydroxylation is 1. The predicted molar refractivity (Wildman–Crippen MR) is 102 cm³/mol. The fourth-order valence-electron chi connectivity index (χ4n) is 2.39. The summed E-state index contributed by atoms with van der Waals surface area (Å²) in [6.45, 7) is 5.69. The molecular formula is C19H24N2O4S. The maximum absolute atomic E-state index is 12.8. The number of hydrogen-bond acceptors (Lipinski definition) is 4. The van der Waals surface area contributed by atoms with Crippen LogP contribution in [0.15, 0.2) is 47.4 Å². The van der Waals surface area contributed by atoms with Crippen LogP contribution in [0, 0.1) is 0 Å². The Balaban J connectivity index is 2.37. The van der Waals surface area contributed by atoms with E-state index in [9.17, 15) is 13.2 Å². The van der Waals surface area contributed by atoms with E-state index in [0.717, 1.165) is 12.0 Å². The lowest BCUT2D eigenvalue weighted by Crippen LogP contribution is -2.30. The maximum Gasteiger partial charge on any atom is 0.265 e. The molecule has 0 aromatic heterocycles. The van der Waals surface area contributed by atoms with Gasteiger partial charge in [0.2, 0.25) is 0 Å². The van der Waals surface area contributed by atoms with Crippen molar-refractivity contribution in [3.8, 4) is 5.75 Å². The lowest BCUT2D eigenvalue weighted by Gasteiger charge is -2.14. The highest BCUT2D eigenvalue weighted by molar-refractivity contribution is 7.92. The highest BCUT2D eigenvalue weighted by Gasteiger charge is 2.22. The second-order valence-corrected chi connectivity index (χ2v) is 7.80. The minimum absolute atomic E-state index is 0.0557. The third-order valence-electron chi connectivity index (χ3n) is 3.75. The van der Waals surface area contributed by atoms with Gasteiger partial charge in [-0.3, -0.25) is 9.52 Å². The molecule has 2 aromatic carbocycles. The van der Waals surface area contributed by atoms with E-state index >= 15 is 0 Å². The van der Waals surface area contributed by atoms with Gasteiger partial charge in [0, 0.05) is 17.3 Å². The van der Waals surface area contributed by atoms with Gasteiger partial charge in [-0.15, -0.1) is 0 Å². The Bertz CT molecular complexity index is 875. The first-order chi connectivity index (χ1) is 12.3. The Kier molecular flexibility index (Phi) is 6.26. The molecule has 1 amide bonds. The number of methoxy groups -OCH3 is 1. The summed E-state index contributed by atoms with van der Waals surface area (Å²) in [6.07, 6.45) is 0.869. The van der Waals surface area contributed by atoms with Gasteiger partial charge in [-0.05, 0) is 56.2 Å². The zero-order valence-corrected chi connectivity index (χ0v) is 16.2. The zero-order chi connectivity index (χ0) is 19.3. The van der Waals surface area contributed by atoms with E-state index in [1.807, 2.05) is 32.9 Å². The van der Waals surface area contributed by atoms with Gasteiger partial charge in [-0.2, -0.15) is 0 Å². The van der Waals surface area contributed by atoms with Gasteiger partial charge in [0.25, 0.3) is 15.9 Å². The third-order valence-corrected chi connectivity index (χ3v) is 5.15. The lowest BCUT2D eigenvalue weighted by molar-refractivity contribution is 0.0943. The topological polar surface area (TPSA) is 84.5 Å². The molecule has 26 heavy (non-hydrogen) atoms. The molecule has 0 aliphatic heterocycles. The van der Waals surface area contributed by atoms with Crippen LogP contribution in [0.4, 0.5) is 5.69 Å². The number of ether oxygens (including phenoxy) is 1. The zero-order valence-electron chi connectivity index (χ0n) is 15.4. The van der Waals surface area contributed by atoms with Crippen molar-refractivity contribution < 1.29 is 17.9 Å². The summed E-state index contributed by atoms with van der Waals surface area (Å²) in [6, 6.07) is 11.4. The number of hydrogen-bond donors (Lipinski definition) is 2. The highest BCUT2D eigenvalue weighted by atomic mass is 32.2. The molecule has 0 aliphatic carbocycles. The van der Waals surface area contributed by atoms with Gasteiger partial charge < -0.3 is 10.1 Å². The van der Waals surface area contributed by atoms with E-state index in [0.29, 0.717) is 5.69 Å². The summed E-state index contributed by atoms with van der Waals surface area (Å²) < 4.78 is 33.3. The van der Waals surface area contributed by atoms with Crippen LogP contribution in [-0.4, -0.2) is 27.5 Å². The molecule has 0 radical (unpaired) electrons. The van der Waals surface area contributed by atoms with Gasteiger partial charge in [0.05, 0.1) is 7.11 Å². The molecule has 0 unspecified atom stereocenters. The monoisotopic (exact) mass is 376 g/mol. The van der Waals surface area contributed by atoms with Crippen molar-refractivity contribution in [2.24, 2.45) is 0 Å². The second kappa shape index (κ2) is 8.23. The first-order valence-corrected chi connectivity index (χ1v) is 9.85. The van der Waals surface area contributed by atoms with Crippen molar-refractivity contribution in [3.63, 3.8) is 0 Å². The summed E-state index contributed by atoms with van der Waals surface area (Å²) in [4.78, 5) is 12.1. The molecule has 0 spiro atoms. The molecule has 0 saturated carbocycles. The molecule has 2 N–H and O–H groups in total. The molecule has 6 nitrogen and oxygen atoms in total. The molecule has 140 valence electrons. The van der Waals surface area contributed by atoms with Crippen molar-refractivity contribution in [1.29, 1.82) is 0 Å². The first-order valence-electron chi connectivity index (χ1n) is 8.37. The van der Waals surface area contributed by atoms with E-state index in [-0.39, 0.29) is 28.2 Å². The van der Waals surface area contributed by atoms with Crippen LogP contribution in [0.1, 0.15) is 36.7 Å². The fraction of sp³-hybridized carbons (Fsp3) is 0.316. The molecule has 0 heterocycles. The fourth-order valence-corrected chi connectivity index (χ4v) is 3.65. The average molecular weight is 376 g/mol. The number of rotatable bonds is 7. The van der Waals surface area contributed by atoms with E-state index in [1.54, 1.807) is 12.1 Å². The Morgan fingerprint density at radius 1 is 1.12 bits per heavy atom. The SMILES string of the molecule is CCc1ccc(NS(=O)(=O)c2cc(C(=O)NC(C)C)ccc2OC)cc1. The predicted octanol–water partition coefficient (Wildman–Crippen LogP) is 3.20. The molecule has 2 aromatic rings.